The zero-order chi connectivity index (χ0) is 21.4. The molecule has 0 saturated heterocycles. The molecule has 8 nitrogen and oxygen atoms in total. The predicted molar refractivity (Wildman–Crippen MR) is 126 cm³/mol. The van der Waals surface area contributed by atoms with Crippen molar-refractivity contribution in [3.05, 3.63) is 74.8 Å². The zero-order valence-electron chi connectivity index (χ0n) is 16.8. The van der Waals surface area contributed by atoms with Gasteiger partial charge in [-0.05, 0) is 29.2 Å². The van der Waals surface area contributed by atoms with Gasteiger partial charge in [0.25, 0.3) is 5.56 Å². The minimum Gasteiger partial charge on any atom is -0.323 e. The Kier molecular flexibility index (Phi) is 5.08. The third kappa shape index (κ3) is 3.75. The van der Waals surface area contributed by atoms with Crippen molar-refractivity contribution in [2.24, 2.45) is 12.1 Å². The van der Waals surface area contributed by atoms with Crippen molar-refractivity contribution in [2.45, 2.75) is 19.4 Å². The molecule has 10 heteroatoms. The SMILES string of the molecule is C=C1/C=C\C=C(\Cn2ncc3c4sc(Cc5ccns5)nc4n(C)c3c2=O)C/C=N\N1. The molecule has 0 saturated carbocycles. The Morgan fingerprint density at radius 2 is 2.26 bits per heavy atom. The fourth-order valence-electron chi connectivity index (χ4n) is 3.51. The number of nitrogens with zero attached hydrogens (tertiary/aromatic N) is 6. The average molecular weight is 450 g/mol. The Labute approximate surface area is 185 Å². The molecule has 0 bridgehead atoms. The summed E-state index contributed by atoms with van der Waals surface area (Å²) in [5.74, 6) is 0. The van der Waals surface area contributed by atoms with Crippen LogP contribution in [0.1, 0.15) is 16.3 Å². The first-order chi connectivity index (χ1) is 15.1. The Morgan fingerprint density at radius 3 is 3.10 bits per heavy atom. The molecule has 0 aromatic carbocycles. The molecule has 0 fully saturated rings. The summed E-state index contributed by atoms with van der Waals surface area (Å²) < 4.78 is 8.52. The van der Waals surface area contributed by atoms with Gasteiger partial charge in [0.15, 0.2) is 5.65 Å². The van der Waals surface area contributed by atoms with Gasteiger partial charge in [0.05, 0.1) is 17.4 Å². The molecule has 1 aliphatic heterocycles. The molecule has 5 rings (SSSR count). The number of hydrogen-bond acceptors (Lipinski definition) is 8. The Bertz CT molecular complexity index is 1430. The molecule has 4 aromatic heterocycles. The summed E-state index contributed by atoms with van der Waals surface area (Å²) in [6, 6.07) is 2.01. The van der Waals surface area contributed by atoms with Crippen LogP contribution in [0.15, 0.2) is 64.4 Å². The molecule has 0 unspecified atom stereocenters. The van der Waals surface area contributed by atoms with Crippen LogP contribution < -0.4 is 11.0 Å². The monoisotopic (exact) mass is 449 g/mol. The highest BCUT2D eigenvalue weighted by Crippen LogP contribution is 2.32. The molecule has 156 valence electrons. The van der Waals surface area contributed by atoms with Crippen LogP contribution >= 0.6 is 22.9 Å². The third-order valence-electron chi connectivity index (χ3n) is 5.02. The number of hydrogen-bond donors (Lipinski definition) is 1. The maximum Gasteiger partial charge on any atom is 0.291 e. The number of aryl methyl sites for hydroxylation is 1. The van der Waals surface area contributed by atoms with Crippen molar-refractivity contribution in [1.29, 1.82) is 0 Å². The van der Waals surface area contributed by atoms with Crippen molar-refractivity contribution in [2.75, 3.05) is 0 Å². The smallest absolute Gasteiger partial charge is 0.291 e. The number of thiazole rings is 1. The molecule has 4 aromatic rings. The van der Waals surface area contributed by atoms with E-state index in [9.17, 15) is 4.79 Å². The molecule has 0 radical (unpaired) electrons. The van der Waals surface area contributed by atoms with Gasteiger partial charge in [-0.25, -0.2) is 14.0 Å². The summed E-state index contributed by atoms with van der Waals surface area (Å²) in [5.41, 5.74) is 5.88. The van der Waals surface area contributed by atoms with Crippen LogP contribution in [0.4, 0.5) is 0 Å². The summed E-state index contributed by atoms with van der Waals surface area (Å²) in [6.07, 6.45) is 12.4. The van der Waals surface area contributed by atoms with Crippen LogP contribution in [0, 0.1) is 0 Å². The van der Waals surface area contributed by atoms with Gasteiger partial charge < -0.3 is 4.57 Å². The van der Waals surface area contributed by atoms with Crippen LogP contribution in [0.2, 0.25) is 0 Å². The Hall–Kier alpha value is -3.37. The molecule has 1 aliphatic rings. The van der Waals surface area contributed by atoms with Gasteiger partial charge in [-0.1, -0.05) is 18.7 Å². The van der Waals surface area contributed by atoms with E-state index in [1.165, 1.54) is 21.1 Å². The molecule has 5 heterocycles. The van der Waals surface area contributed by atoms with E-state index in [1.807, 2.05) is 35.9 Å². The van der Waals surface area contributed by atoms with Gasteiger partial charge in [-0.3, -0.25) is 10.2 Å². The van der Waals surface area contributed by atoms with Gasteiger partial charge >= 0.3 is 0 Å². The van der Waals surface area contributed by atoms with E-state index in [0.717, 1.165) is 32.7 Å². The summed E-state index contributed by atoms with van der Waals surface area (Å²) in [7, 11) is 1.89. The van der Waals surface area contributed by atoms with E-state index in [-0.39, 0.29) is 5.56 Å². The quantitative estimate of drug-likeness (QED) is 0.516. The topological polar surface area (TPSA) is 90.0 Å². The van der Waals surface area contributed by atoms with E-state index >= 15 is 0 Å². The first-order valence-corrected chi connectivity index (χ1v) is 11.2. The number of allylic oxidation sites excluding steroid dienone is 4. The Balaban J connectivity index is 1.51. The minimum absolute atomic E-state index is 0.126. The summed E-state index contributed by atoms with van der Waals surface area (Å²) in [5, 5.41) is 10.4. The lowest BCUT2D eigenvalue weighted by atomic mass is 10.2. The highest BCUT2D eigenvalue weighted by molar-refractivity contribution is 7.19. The van der Waals surface area contributed by atoms with Gasteiger partial charge in [0.2, 0.25) is 0 Å². The molecule has 1 N–H and O–H groups in total. The third-order valence-corrected chi connectivity index (χ3v) is 6.84. The lowest BCUT2D eigenvalue weighted by molar-refractivity contribution is 0.632. The molecule has 0 spiro atoms. The second-order valence-electron chi connectivity index (χ2n) is 7.18. The van der Waals surface area contributed by atoms with Crippen LogP contribution in [-0.2, 0) is 20.0 Å². The summed E-state index contributed by atoms with van der Waals surface area (Å²) >= 11 is 3.09. The molecule has 0 amide bonds. The highest BCUT2D eigenvalue weighted by Gasteiger charge is 2.18. The van der Waals surface area contributed by atoms with E-state index < -0.39 is 0 Å². The molecule has 0 aliphatic carbocycles. The highest BCUT2D eigenvalue weighted by atomic mass is 32.1. The fourth-order valence-corrected chi connectivity index (χ4v) is 5.31. The van der Waals surface area contributed by atoms with Gasteiger partial charge in [0, 0.05) is 48.3 Å². The first kappa shape index (κ1) is 19.6. The van der Waals surface area contributed by atoms with Crippen LogP contribution in [0.25, 0.3) is 21.3 Å². The normalized spacial score (nSPS) is 18.2. The fraction of sp³-hybridized carbons (Fsp3) is 0.190. The van der Waals surface area contributed by atoms with E-state index in [4.69, 9.17) is 4.98 Å². The maximum atomic E-state index is 13.3. The molecular weight excluding hydrogens is 430 g/mol. The molecule has 0 atom stereocenters. The van der Waals surface area contributed by atoms with Crippen LogP contribution in [-0.4, -0.2) is 29.9 Å². The van der Waals surface area contributed by atoms with E-state index in [1.54, 1.807) is 29.9 Å². The zero-order valence-corrected chi connectivity index (χ0v) is 18.4. The summed E-state index contributed by atoms with van der Waals surface area (Å²) in [4.78, 5) is 19.2. The summed E-state index contributed by atoms with van der Waals surface area (Å²) in [6.45, 7) is 4.24. The van der Waals surface area contributed by atoms with E-state index in [2.05, 4.69) is 26.6 Å². The standard InChI is InChI=1S/C21H19N7OS2/c1-13-4-3-5-14(6-8-22-26-13)12-28-21(29)18-16(11-23-28)19-20(27(18)2)25-17(30-19)10-15-7-9-24-31-15/h3-5,7-9,11,26H,1,6,10,12H2,2H3/b4-3-,14-5+,22-8-. The van der Waals surface area contributed by atoms with Crippen molar-refractivity contribution in [1.82, 2.24) is 29.1 Å². The average Bonchev–Trinajstić information content (AvgIpc) is 3.46. The van der Waals surface area contributed by atoms with E-state index in [0.29, 0.717) is 24.2 Å². The number of nitrogens with one attached hydrogen (secondary N) is 1. The Morgan fingerprint density at radius 1 is 1.35 bits per heavy atom. The number of fused-ring (bicyclic) bond motifs is 3. The first-order valence-electron chi connectivity index (χ1n) is 9.66. The maximum absolute atomic E-state index is 13.3. The van der Waals surface area contributed by atoms with Crippen LogP contribution in [0.5, 0.6) is 0 Å². The van der Waals surface area contributed by atoms with Gasteiger partial charge in [0.1, 0.15) is 10.5 Å². The van der Waals surface area contributed by atoms with Gasteiger partial charge in [-0.15, -0.1) is 11.3 Å². The largest absolute Gasteiger partial charge is 0.323 e. The van der Waals surface area contributed by atoms with Crippen LogP contribution in [0.3, 0.4) is 0 Å². The lowest BCUT2D eigenvalue weighted by Gasteiger charge is -2.07. The van der Waals surface area contributed by atoms with Gasteiger partial charge in [-0.2, -0.15) is 10.2 Å². The van der Waals surface area contributed by atoms with Crippen molar-refractivity contribution in [3.63, 3.8) is 0 Å². The minimum atomic E-state index is -0.126. The predicted octanol–water partition coefficient (Wildman–Crippen LogP) is 3.37. The molecular formula is C21H19N7OS2. The van der Waals surface area contributed by atoms with Crippen molar-refractivity contribution < 1.29 is 0 Å². The second kappa shape index (κ2) is 8.05. The second-order valence-corrected chi connectivity index (χ2v) is 9.18. The number of rotatable bonds is 4. The number of hydrazone groups is 1. The lowest BCUT2D eigenvalue weighted by Crippen LogP contribution is -2.25. The van der Waals surface area contributed by atoms with Crippen molar-refractivity contribution in [3.8, 4) is 0 Å². The number of aromatic nitrogens is 5. The molecule has 31 heavy (non-hydrogen) atoms. The van der Waals surface area contributed by atoms with Crippen molar-refractivity contribution >= 4 is 50.3 Å².